The molecule has 7 nitrogen and oxygen atoms in total. The molecule has 0 aliphatic carbocycles. The third-order valence-electron chi connectivity index (χ3n) is 2.53. The molecule has 2 rings (SSSR count). The molecule has 0 unspecified atom stereocenters. The Balaban J connectivity index is 2.33. The van der Waals surface area contributed by atoms with E-state index in [2.05, 4.69) is 25.9 Å². The Labute approximate surface area is 129 Å². The van der Waals surface area contributed by atoms with E-state index >= 15 is 0 Å². The molecule has 8 heteroatoms. The van der Waals surface area contributed by atoms with Crippen LogP contribution < -0.4 is 19.9 Å². The number of nitrogens with zero attached hydrogens (tertiary/aromatic N) is 2. The Hall–Kier alpha value is -2.35. The van der Waals surface area contributed by atoms with Crippen molar-refractivity contribution < 1.29 is 19.0 Å². The van der Waals surface area contributed by atoms with Gasteiger partial charge in [-0.1, -0.05) is 0 Å². The van der Waals surface area contributed by atoms with Crippen molar-refractivity contribution in [1.29, 1.82) is 0 Å². The molecule has 0 saturated heterocycles. The number of halogens is 1. The zero-order chi connectivity index (χ0) is 15.4. The number of hydrogen-bond acceptors (Lipinski definition) is 6. The first-order chi connectivity index (χ1) is 10.0. The third kappa shape index (κ3) is 3.40. The number of primary amides is 1. The van der Waals surface area contributed by atoms with Crippen LogP contribution in [-0.2, 0) is 0 Å². The van der Waals surface area contributed by atoms with Crippen LogP contribution in [0, 0.1) is 0 Å². The van der Waals surface area contributed by atoms with E-state index in [4.69, 9.17) is 19.9 Å². The molecule has 2 N–H and O–H groups in total. The molecule has 0 atom stereocenters. The van der Waals surface area contributed by atoms with Gasteiger partial charge < -0.3 is 19.9 Å². The number of aromatic nitrogens is 2. The minimum Gasteiger partial charge on any atom is -0.493 e. The molecular formula is C13H12BrN3O4. The van der Waals surface area contributed by atoms with Crippen molar-refractivity contribution in [3.05, 3.63) is 34.4 Å². The van der Waals surface area contributed by atoms with Crippen molar-refractivity contribution in [2.24, 2.45) is 5.73 Å². The molecule has 110 valence electrons. The molecule has 0 radical (unpaired) electrons. The van der Waals surface area contributed by atoms with Crippen LogP contribution in [0.3, 0.4) is 0 Å². The van der Waals surface area contributed by atoms with Crippen molar-refractivity contribution in [2.45, 2.75) is 0 Å². The van der Waals surface area contributed by atoms with Gasteiger partial charge in [0.05, 0.1) is 24.9 Å². The van der Waals surface area contributed by atoms with Crippen LogP contribution in [0.2, 0.25) is 0 Å². The largest absolute Gasteiger partial charge is 0.493 e. The van der Waals surface area contributed by atoms with Gasteiger partial charge in [-0.25, -0.2) is 4.98 Å². The summed E-state index contributed by atoms with van der Waals surface area (Å²) in [7, 11) is 2.94. The van der Waals surface area contributed by atoms with Crippen LogP contribution in [0.25, 0.3) is 0 Å². The second kappa shape index (κ2) is 6.40. The number of carbonyl (C=O) groups excluding carboxylic acids is 1. The summed E-state index contributed by atoms with van der Waals surface area (Å²) in [4.78, 5) is 19.2. The number of methoxy groups -OCH3 is 2. The van der Waals surface area contributed by atoms with Gasteiger partial charge in [-0.3, -0.25) is 4.79 Å². The van der Waals surface area contributed by atoms with Crippen LogP contribution in [-0.4, -0.2) is 30.1 Å². The molecule has 0 fully saturated rings. The van der Waals surface area contributed by atoms with E-state index in [0.29, 0.717) is 27.4 Å². The smallest absolute Gasteiger partial charge is 0.325 e. The molecular weight excluding hydrogens is 342 g/mol. The zero-order valence-corrected chi connectivity index (χ0v) is 12.9. The molecule has 0 spiro atoms. The first kappa shape index (κ1) is 15.0. The second-order valence-electron chi connectivity index (χ2n) is 3.84. The van der Waals surface area contributed by atoms with E-state index < -0.39 is 5.91 Å². The van der Waals surface area contributed by atoms with Crippen LogP contribution in [0.15, 0.2) is 28.9 Å². The molecule has 0 bridgehead atoms. The predicted molar refractivity (Wildman–Crippen MR) is 77.9 cm³/mol. The van der Waals surface area contributed by atoms with Gasteiger partial charge in [0.15, 0.2) is 11.5 Å². The quantitative estimate of drug-likeness (QED) is 0.884. The predicted octanol–water partition coefficient (Wildman–Crippen LogP) is 2.15. The van der Waals surface area contributed by atoms with Gasteiger partial charge in [0.1, 0.15) is 0 Å². The molecule has 1 aromatic heterocycles. The molecule has 0 saturated carbocycles. The van der Waals surface area contributed by atoms with Crippen LogP contribution in [0.4, 0.5) is 0 Å². The number of ether oxygens (including phenoxy) is 3. The van der Waals surface area contributed by atoms with Crippen molar-refractivity contribution in [3.63, 3.8) is 0 Å². The number of benzene rings is 1. The minimum atomic E-state index is -0.554. The average Bonchev–Trinajstić information content (AvgIpc) is 2.49. The summed E-state index contributed by atoms with van der Waals surface area (Å²) in [6, 6.07) is 4.64. The van der Waals surface area contributed by atoms with Gasteiger partial charge in [-0.15, -0.1) is 0 Å². The second-order valence-corrected chi connectivity index (χ2v) is 4.70. The molecule has 0 aliphatic rings. The highest BCUT2D eigenvalue weighted by Crippen LogP contribution is 2.32. The summed E-state index contributed by atoms with van der Waals surface area (Å²) < 4.78 is 16.4. The van der Waals surface area contributed by atoms with Crippen molar-refractivity contribution in [1.82, 2.24) is 9.97 Å². The Morgan fingerprint density at radius 3 is 2.62 bits per heavy atom. The monoisotopic (exact) mass is 353 g/mol. The highest BCUT2D eigenvalue weighted by Gasteiger charge is 2.12. The lowest BCUT2D eigenvalue weighted by atomic mass is 10.2. The molecule has 2 aromatic rings. The topological polar surface area (TPSA) is 96.6 Å². The normalized spacial score (nSPS) is 10.0. The number of hydrogen-bond donors (Lipinski definition) is 1. The average molecular weight is 354 g/mol. The molecule has 1 amide bonds. The van der Waals surface area contributed by atoms with Gasteiger partial charge >= 0.3 is 6.01 Å². The van der Waals surface area contributed by atoms with E-state index in [1.807, 2.05) is 0 Å². The number of rotatable bonds is 5. The fourth-order valence-corrected chi connectivity index (χ4v) is 1.88. The summed E-state index contributed by atoms with van der Waals surface area (Å²) in [6.45, 7) is 0. The minimum absolute atomic E-state index is 0.0835. The van der Waals surface area contributed by atoms with E-state index in [9.17, 15) is 4.79 Å². The van der Waals surface area contributed by atoms with Gasteiger partial charge in [-0.2, -0.15) is 4.98 Å². The summed E-state index contributed by atoms with van der Waals surface area (Å²) in [5.74, 6) is 0.484. The third-order valence-corrected chi connectivity index (χ3v) is 3.08. The summed E-state index contributed by atoms with van der Waals surface area (Å²) in [5.41, 5.74) is 5.53. The maximum Gasteiger partial charge on any atom is 0.325 e. The first-order valence-electron chi connectivity index (χ1n) is 5.77. The zero-order valence-electron chi connectivity index (χ0n) is 11.3. The van der Waals surface area contributed by atoms with Crippen LogP contribution in [0.1, 0.15) is 10.4 Å². The Kier molecular flexibility index (Phi) is 4.59. The summed E-state index contributed by atoms with van der Waals surface area (Å²) >= 11 is 3.25. The van der Waals surface area contributed by atoms with Crippen LogP contribution >= 0.6 is 15.9 Å². The van der Waals surface area contributed by atoms with Crippen molar-refractivity contribution in [2.75, 3.05) is 14.2 Å². The first-order valence-corrected chi connectivity index (χ1v) is 6.56. The Morgan fingerprint density at radius 2 is 2.00 bits per heavy atom. The maximum absolute atomic E-state index is 11.1. The Morgan fingerprint density at radius 1 is 1.24 bits per heavy atom. The Bertz CT molecular complexity index is 678. The lowest BCUT2D eigenvalue weighted by molar-refractivity contribution is 0.1000. The molecule has 21 heavy (non-hydrogen) atoms. The van der Waals surface area contributed by atoms with E-state index in [-0.39, 0.29) is 6.01 Å². The maximum atomic E-state index is 11.1. The van der Waals surface area contributed by atoms with Gasteiger partial charge in [0.2, 0.25) is 11.8 Å². The fraction of sp³-hybridized carbons (Fsp3) is 0.154. The molecule has 1 aromatic carbocycles. The van der Waals surface area contributed by atoms with Gasteiger partial charge in [-0.05, 0) is 34.1 Å². The van der Waals surface area contributed by atoms with Crippen molar-refractivity contribution >= 4 is 21.8 Å². The highest BCUT2D eigenvalue weighted by atomic mass is 79.9. The van der Waals surface area contributed by atoms with Gasteiger partial charge in [0, 0.05) is 5.56 Å². The van der Waals surface area contributed by atoms with E-state index in [0.717, 1.165) is 0 Å². The number of amides is 1. The number of carbonyl (C=O) groups is 1. The molecule has 0 aliphatic heterocycles. The molecule has 1 heterocycles. The lowest BCUT2D eigenvalue weighted by Crippen LogP contribution is -2.11. The van der Waals surface area contributed by atoms with Gasteiger partial charge in [0.25, 0.3) is 0 Å². The van der Waals surface area contributed by atoms with E-state index in [1.165, 1.54) is 32.5 Å². The fourth-order valence-electron chi connectivity index (χ4n) is 1.53. The van der Waals surface area contributed by atoms with E-state index in [1.54, 1.807) is 6.07 Å². The number of nitrogens with two attached hydrogens (primary N) is 1. The SMILES string of the molecule is COc1cc(C(N)=O)ccc1Oc1ncc(Br)c(OC)n1. The van der Waals surface area contributed by atoms with Crippen LogP contribution in [0.5, 0.6) is 23.4 Å². The summed E-state index contributed by atoms with van der Waals surface area (Å²) in [5, 5.41) is 0. The summed E-state index contributed by atoms with van der Waals surface area (Å²) in [6.07, 6.45) is 1.51. The standard InChI is InChI=1S/C13H12BrN3O4/c1-19-10-5-7(11(15)18)3-4-9(10)21-13-16-6-8(14)12(17-13)20-2/h3-6H,1-2H3,(H2,15,18). The van der Waals surface area contributed by atoms with Crippen molar-refractivity contribution in [3.8, 4) is 23.4 Å². The lowest BCUT2D eigenvalue weighted by Gasteiger charge is -2.10. The highest BCUT2D eigenvalue weighted by molar-refractivity contribution is 9.10.